The van der Waals surface area contributed by atoms with Gasteiger partial charge in [0.2, 0.25) is 0 Å². The molecule has 1 aromatic carbocycles. The molecule has 0 aliphatic heterocycles. The molecule has 0 amide bonds. The summed E-state index contributed by atoms with van der Waals surface area (Å²) in [6.07, 6.45) is 0.915. The minimum Gasteiger partial charge on any atom is -0.236 e. The van der Waals surface area contributed by atoms with Crippen molar-refractivity contribution in [3.63, 3.8) is 0 Å². The molecule has 4 heteroatoms. The molecule has 21 heavy (non-hydrogen) atoms. The van der Waals surface area contributed by atoms with Crippen LogP contribution in [0.1, 0.15) is 44.8 Å². The summed E-state index contributed by atoms with van der Waals surface area (Å²) in [6.45, 7) is 8.65. The van der Waals surface area contributed by atoms with E-state index < -0.39 is 0 Å². The molecule has 2 rings (SSSR count). The zero-order valence-corrected chi connectivity index (χ0v) is 15.7. The minimum atomic E-state index is -0.263. The molecule has 0 aliphatic carbocycles. The molecule has 0 fully saturated rings. The number of halogens is 2. The summed E-state index contributed by atoms with van der Waals surface area (Å²) >= 11 is 8.58. The first-order valence-electron chi connectivity index (χ1n) is 7.10. The van der Waals surface area contributed by atoms with Gasteiger partial charge in [0.25, 0.3) is 0 Å². The maximum atomic E-state index is 6.34. The van der Waals surface area contributed by atoms with E-state index in [4.69, 9.17) is 16.6 Å². The van der Waals surface area contributed by atoms with Crippen molar-refractivity contribution in [2.75, 3.05) is 0 Å². The molecule has 0 aliphatic rings. The predicted octanol–water partition coefficient (Wildman–Crippen LogP) is 5.26. The van der Waals surface area contributed by atoms with Gasteiger partial charge in [-0.25, -0.2) is 9.97 Å². The highest BCUT2D eigenvalue weighted by Gasteiger charge is 2.28. The van der Waals surface area contributed by atoms with Crippen molar-refractivity contribution in [1.29, 1.82) is 0 Å². The molecule has 0 saturated heterocycles. The van der Waals surface area contributed by atoms with E-state index in [9.17, 15) is 0 Å². The molecule has 2 aromatic rings. The maximum absolute atomic E-state index is 6.34. The van der Waals surface area contributed by atoms with Crippen LogP contribution in [0.2, 0.25) is 5.15 Å². The van der Waals surface area contributed by atoms with E-state index in [1.807, 2.05) is 18.2 Å². The van der Waals surface area contributed by atoms with Crippen LogP contribution >= 0.6 is 34.2 Å². The predicted molar refractivity (Wildman–Crippen MR) is 96.9 cm³/mol. The van der Waals surface area contributed by atoms with E-state index in [0.29, 0.717) is 11.1 Å². The van der Waals surface area contributed by atoms with Gasteiger partial charge >= 0.3 is 0 Å². The third-order valence-electron chi connectivity index (χ3n) is 3.54. The van der Waals surface area contributed by atoms with E-state index in [1.54, 1.807) is 0 Å². The van der Waals surface area contributed by atoms with Gasteiger partial charge in [-0.3, -0.25) is 0 Å². The summed E-state index contributed by atoms with van der Waals surface area (Å²) in [5.74, 6) is 1.33. The Bertz CT molecular complexity index is 624. The fourth-order valence-corrected chi connectivity index (χ4v) is 2.90. The van der Waals surface area contributed by atoms with E-state index in [-0.39, 0.29) is 5.41 Å². The topological polar surface area (TPSA) is 25.8 Å². The highest BCUT2D eigenvalue weighted by atomic mass is 127. The van der Waals surface area contributed by atoms with Gasteiger partial charge in [-0.1, -0.05) is 55.8 Å². The number of hydrogen-bond donors (Lipinski definition) is 0. The van der Waals surface area contributed by atoms with Gasteiger partial charge in [0, 0.05) is 5.41 Å². The Labute approximate surface area is 145 Å². The summed E-state index contributed by atoms with van der Waals surface area (Å²) in [5.41, 5.74) is 1.98. The Kier molecular flexibility index (Phi) is 5.25. The fraction of sp³-hybridized carbons (Fsp3) is 0.412. The lowest BCUT2D eigenvalue weighted by Gasteiger charge is -2.25. The highest BCUT2D eigenvalue weighted by Crippen LogP contribution is 2.31. The van der Waals surface area contributed by atoms with Crippen molar-refractivity contribution >= 4 is 34.2 Å². The average molecular weight is 415 g/mol. The van der Waals surface area contributed by atoms with E-state index >= 15 is 0 Å². The van der Waals surface area contributed by atoms with Gasteiger partial charge < -0.3 is 0 Å². The first-order chi connectivity index (χ1) is 9.82. The molecular formula is C17H20ClIN2. The zero-order valence-electron chi connectivity index (χ0n) is 12.8. The number of aromatic nitrogens is 2. The van der Waals surface area contributed by atoms with Crippen LogP contribution in [0.3, 0.4) is 0 Å². The molecule has 0 radical (unpaired) electrons. The minimum absolute atomic E-state index is 0.263. The second kappa shape index (κ2) is 6.61. The van der Waals surface area contributed by atoms with Gasteiger partial charge in [-0.05, 0) is 54.3 Å². The number of rotatable bonds is 4. The van der Waals surface area contributed by atoms with E-state index in [1.165, 1.54) is 5.56 Å². The standard InChI is InChI=1S/C17H20ClIN2/c1-11(2)10-13-14(19)15(18)21-16(20-13)17(3,4)12-8-6-5-7-9-12/h5-9,11H,10H2,1-4H3. The van der Waals surface area contributed by atoms with Crippen molar-refractivity contribution in [3.8, 4) is 0 Å². The molecule has 0 atom stereocenters. The number of hydrogen-bond acceptors (Lipinski definition) is 2. The monoisotopic (exact) mass is 414 g/mol. The Hall–Kier alpha value is -0.680. The molecule has 0 N–H and O–H groups in total. The van der Waals surface area contributed by atoms with Gasteiger partial charge in [-0.15, -0.1) is 0 Å². The Morgan fingerprint density at radius 2 is 1.76 bits per heavy atom. The third-order valence-corrected chi connectivity index (χ3v) is 5.26. The van der Waals surface area contributed by atoms with Crippen molar-refractivity contribution < 1.29 is 0 Å². The van der Waals surface area contributed by atoms with Crippen LogP contribution in [-0.4, -0.2) is 9.97 Å². The molecule has 0 bridgehead atoms. The molecular weight excluding hydrogens is 395 g/mol. The van der Waals surface area contributed by atoms with Crippen molar-refractivity contribution in [2.45, 2.75) is 39.5 Å². The molecule has 2 nitrogen and oxygen atoms in total. The van der Waals surface area contributed by atoms with Gasteiger partial charge in [0.15, 0.2) is 0 Å². The number of benzene rings is 1. The smallest absolute Gasteiger partial charge is 0.146 e. The van der Waals surface area contributed by atoms with Crippen LogP contribution in [-0.2, 0) is 11.8 Å². The second-order valence-corrected chi connectivity index (χ2v) is 7.62. The largest absolute Gasteiger partial charge is 0.236 e. The highest BCUT2D eigenvalue weighted by molar-refractivity contribution is 14.1. The van der Waals surface area contributed by atoms with Crippen LogP contribution < -0.4 is 0 Å². The Morgan fingerprint density at radius 1 is 1.14 bits per heavy atom. The summed E-state index contributed by atoms with van der Waals surface area (Å²) in [4.78, 5) is 9.35. The summed E-state index contributed by atoms with van der Waals surface area (Å²) in [6, 6.07) is 10.3. The average Bonchev–Trinajstić information content (AvgIpc) is 2.44. The fourth-order valence-electron chi connectivity index (χ4n) is 2.25. The lowest BCUT2D eigenvalue weighted by molar-refractivity contribution is 0.570. The lowest BCUT2D eigenvalue weighted by atomic mass is 9.83. The Morgan fingerprint density at radius 3 is 2.33 bits per heavy atom. The second-order valence-electron chi connectivity index (χ2n) is 6.19. The Balaban J connectivity index is 2.51. The summed E-state index contributed by atoms with van der Waals surface area (Å²) < 4.78 is 0.968. The molecule has 112 valence electrons. The van der Waals surface area contributed by atoms with Crippen molar-refractivity contribution in [2.24, 2.45) is 5.92 Å². The van der Waals surface area contributed by atoms with Crippen molar-refractivity contribution in [1.82, 2.24) is 9.97 Å². The summed E-state index contributed by atoms with van der Waals surface area (Å²) in [5, 5.41) is 0.556. The molecule has 0 unspecified atom stereocenters. The van der Waals surface area contributed by atoms with Gasteiger partial charge in [0.05, 0.1) is 9.26 Å². The molecule has 0 spiro atoms. The van der Waals surface area contributed by atoms with E-state index in [0.717, 1.165) is 21.5 Å². The van der Waals surface area contributed by atoms with Crippen LogP contribution in [0.25, 0.3) is 0 Å². The van der Waals surface area contributed by atoms with Crippen LogP contribution in [0.5, 0.6) is 0 Å². The van der Waals surface area contributed by atoms with Crippen LogP contribution in [0.15, 0.2) is 30.3 Å². The third kappa shape index (κ3) is 3.75. The first kappa shape index (κ1) is 16.7. The summed E-state index contributed by atoms with van der Waals surface area (Å²) in [7, 11) is 0. The maximum Gasteiger partial charge on any atom is 0.146 e. The van der Waals surface area contributed by atoms with Crippen LogP contribution in [0, 0.1) is 9.49 Å². The molecule has 1 heterocycles. The molecule has 1 aromatic heterocycles. The van der Waals surface area contributed by atoms with Gasteiger partial charge in [-0.2, -0.15) is 0 Å². The van der Waals surface area contributed by atoms with Gasteiger partial charge in [0.1, 0.15) is 11.0 Å². The zero-order chi connectivity index (χ0) is 15.6. The quantitative estimate of drug-likeness (QED) is 0.504. The normalized spacial score (nSPS) is 12.0. The van der Waals surface area contributed by atoms with E-state index in [2.05, 4.69) is 67.4 Å². The molecule has 0 saturated carbocycles. The lowest BCUT2D eigenvalue weighted by Crippen LogP contribution is -2.24. The first-order valence-corrected chi connectivity index (χ1v) is 8.56. The van der Waals surface area contributed by atoms with Crippen molar-refractivity contribution in [3.05, 3.63) is 56.1 Å². The number of nitrogens with zero attached hydrogens (tertiary/aromatic N) is 2. The SMILES string of the molecule is CC(C)Cc1nc(C(C)(C)c2ccccc2)nc(Cl)c1I. The van der Waals surface area contributed by atoms with Crippen LogP contribution in [0.4, 0.5) is 0 Å².